The molecule has 21 heavy (non-hydrogen) atoms. The Labute approximate surface area is 128 Å². The van der Waals surface area contributed by atoms with Crippen LogP contribution in [0.25, 0.3) is 0 Å². The van der Waals surface area contributed by atoms with Gasteiger partial charge in [0.1, 0.15) is 11.5 Å². The third kappa shape index (κ3) is 4.08. The fraction of sp³-hybridized carbons (Fsp3) is 0.368. The first-order chi connectivity index (χ1) is 9.97. The van der Waals surface area contributed by atoms with Crippen LogP contribution in [0.5, 0.6) is 11.5 Å². The Morgan fingerprint density at radius 3 is 2.43 bits per heavy atom. The standard InChI is InChI=1S/C19H25NO/c1-13(2)20-12-17-8-6-7-9-18(17)21-19-11-14(3)10-15(4)16(19)5/h6-11,13,20H,12H2,1-5H3. The van der Waals surface area contributed by atoms with Crippen LogP contribution in [0.3, 0.4) is 0 Å². The number of hydrogen-bond donors (Lipinski definition) is 1. The molecule has 2 heteroatoms. The van der Waals surface area contributed by atoms with Crippen LogP contribution in [0.2, 0.25) is 0 Å². The highest BCUT2D eigenvalue weighted by Crippen LogP contribution is 2.30. The van der Waals surface area contributed by atoms with Gasteiger partial charge in [-0.25, -0.2) is 0 Å². The van der Waals surface area contributed by atoms with E-state index in [2.05, 4.69) is 64.2 Å². The zero-order valence-electron chi connectivity index (χ0n) is 13.7. The lowest BCUT2D eigenvalue weighted by Gasteiger charge is -2.16. The van der Waals surface area contributed by atoms with Gasteiger partial charge in [0, 0.05) is 18.2 Å². The minimum atomic E-state index is 0.459. The molecular weight excluding hydrogens is 258 g/mol. The zero-order valence-corrected chi connectivity index (χ0v) is 13.7. The predicted octanol–water partition coefficient (Wildman–Crippen LogP) is 4.90. The summed E-state index contributed by atoms with van der Waals surface area (Å²) in [7, 11) is 0. The molecule has 2 aromatic rings. The third-order valence-electron chi connectivity index (χ3n) is 3.66. The maximum Gasteiger partial charge on any atom is 0.131 e. The van der Waals surface area contributed by atoms with Crippen molar-refractivity contribution in [2.24, 2.45) is 0 Å². The molecule has 0 aliphatic heterocycles. The van der Waals surface area contributed by atoms with Crippen molar-refractivity contribution < 1.29 is 4.74 Å². The fourth-order valence-electron chi connectivity index (χ4n) is 2.29. The quantitative estimate of drug-likeness (QED) is 0.842. The van der Waals surface area contributed by atoms with E-state index < -0.39 is 0 Å². The van der Waals surface area contributed by atoms with Gasteiger partial charge < -0.3 is 10.1 Å². The molecule has 1 N–H and O–H groups in total. The molecule has 0 unspecified atom stereocenters. The summed E-state index contributed by atoms with van der Waals surface area (Å²) >= 11 is 0. The Balaban J connectivity index is 2.27. The Hall–Kier alpha value is -1.80. The van der Waals surface area contributed by atoms with Crippen LogP contribution in [0.4, 0.5) is 0 Å². The summed E-state index contributed by atoms with van der Waals surface area (Å²) in [5.74, 6) is 1.88. The van der Waals surface area contributed by atoms with Crippen molar-refractivity contribution in [3.8, 4) is 11.5 Å². The van der Waals surface area contributed by atoms with Gasteiger partial charge in [-0.1, -0.05) is 38.1 Å². The summed E-state index contributed by atoms with van der Waals surface area (Å²) < 4.78 is 6.19. The highest BCUT2D eigenvalue weighted by Gasteiger charge is 2.09. The number of benzene rings is 2. The molecule has 0 fully saturated rings. The first-order valence-electron chi connectivity index (χ1n) is 7.54. The van der Waals surface area contributed by atoms with Gasteiger partial charge in [0.25, 0.3) is 0 Å². The summed E-state index contributed by atoms with van der Waals surface area (Å²) in [5, 5.41) is 3.45. The van der Waals surface area contributed by atoms with E-state index >= 15 is 0 Å². The van der Waals surface area contributed by atoms with Gasteiger partial charge in [-0.05, 0) is 49.6 Å². The molecule has 0 atom stereocenters. The lowest BCUT2D eigenvalue weighted by Crippen LogP contribution is -2.22. The van der Waals surface area contributed by atoms with Crippen LogP contribution >= 0.6 is 0 Å². The molecule has 2 nitrogen and oxygen atoms in total. The van der Waals surface area contributed by atoms with Crippen LogP contribution < -0.4 is 10.1 Å². The van der Waals surface area contributed by atoms with E-state index in [4.69, 9.17) is 4.74 Å². The van der Waals surface area contributed by atoms with Gasteiger partial charge in [-0.15, -0.1) is 0 Å². The largest absolute Gasteiger partial charge is 0.457 e. The van der Waals surface area contributed by atoms with Gasteiger partial charge in [0.2, 0.25) is 0 Å². The number of aryl methyl sites for hydroxylation is 2. The van der Waals surface area contributed by atoms with E-state index in [0.717, 1.165) is 18.0 Å². The maximum atomic E-state index is 6.19. The molecule has 0 saturated heterocycles. The molecule has 0 aromatic heterocycles. The van der Waals surface area contributed by atoms with Gasteiger partial charge in [-0.3, -0.25) is 0 Å². The second kappa shape index (κ2) is 6.77. The van der Waals surface area contributed by atoms with Crippen LogP contribution in [-0.2, 0) is 6.54 Å². The Kier molecular flexibility index (Phi) is 5.03. The number of hydrogen-bond acceptors (Lipinski definition) is 2. The fourth-order valence-corrected chi connectivity index (χ4v) is 2.29. The van der Waals surface area contributed by atoms with Crippen molar-refractivity contribution in [2.45, 2.75) is 47.2 Å². The van der Waals surface area contributed by atoms with E-state index in [1.165, 1.54) is 22.3 Å². The van der Waals surface area contributed by atoms with Crippen molar-refractivity contribution in [3.05, 3.63) is 58.7 Å². The molecule has 0 amide bonds. The first-order valence-corrected chi connectivity index (χ1v) is 7.54. The van der Waals surface area contributed by atoms with Gasteiger partial charge in [0.05, 0.1) is 0 Å². The van der Waals surface area contributed by atoms with Crippen molar-refractivity contribution in [3.63, 3.8) is 0 Å². The van der Waals surface area contributed by atoms with Crippen LogP contribution in [-0.4, -0.2) is 6.04 Å². The number of ether oxygens (including phenoxy) is 1. The molecule has 0 aliphatic carbocycles. The lowest BCUT2D eigenvalue weighted by atomic mass is 10.1. The average molecular weight is 283 g/mol. The van der Waals surface area contributed by atoms with Crippen LogP contribution in [0.1, 0.15) is 36.1 Å². The lowest BCUT2D eigenvalue weighted by molar-refractivity contribution is 0.465. The first kappa shape index (κ1) is 15.6. The Bertz CT molecular complexity index is 617. The van der Waals surface area contributed by atoms with E-state index in [-0.39, 0.29) is 0 Å². The van der Waals surface area contributed by atoms with E-state index in [0.29, 0.717) is 6.04 Å². The molecule has 0 saturated carbocycles. The zero-order chi connectivity index (χ0) is 15.4. The molecule has 0 aliphatic rings. The molecular formula is C19H25NO. The maximum absolute atomic E-state index is 6.19. The van der Waals surface area contributed by atoms with Crippen molar-refractivity contribution in [1.29, 1.82) is 0 Å². The molecule has 0 bridgehead atoms. The number of para-hydroxylation sites is 1. The molecule has 0 radical (unpaired) electrons. The minimum Gasteiger partial charge on any atom is -0.457 e. The normalized spacial score (nSPS) is 11.0. The van der Waals surface area contributed by atoms with Gasteiger partial charge >= 0.3 is 0 Å². The summed E-state index contributed by atoms with van der Waals surface area (Å²) in [6.07, 6.45) is 0. The minimum absolute atomic E-state index is 0.459. The third-order valence-corrected chi connectivity index (χ3v) is 3.66. The number of rotatable bonds is 5. The molecule has 0 spiro atoms. The van der Waals surface area contributed by atoms with Gasteiger partial charge in [-0.2, -0.15) is 0 Å². The Morgan fingerprint density at radius 1 is 1.00 bits per heavy atom. The second-order valence-electron chi connectivity index (χ2n) is 5.95. The SMILES string of the molecule is Cc1cc(C)c(C)c(Oc2ccccc2CNC(C)C)c1. The topological polar surface area (TPSA) is 21.3 Å². The highest BCUT2D eigenvalue weighted by atomic mass is 16.5. The summed E-state index contributed by atoms with van der Waals surface area (Å²) in [5.41, 5.74) is 4.88. The van der Waals surface area contributed by atoms with Crippen molar-refractivity contribution in [1.82, 2.24) is 5.32 Å². The molecule has 0 heterocycles. The van der Waals surface area contributed by atoms with Crippen molar-refractivity contribution >= 4 is 0 Å². The van der Waals surface area contributed by atoms with Crippen LogP contribution in [0.15, 0.2) is 36.4 Å². The smallest absolute Gasteiger partial charge is 0.131 e. The number of nitrogens with one attached hydrogen (secondary N) is 1. The molecule has 2 aromatic carbocycles. The van der Waals surface area contributed by atoms with Crippen molar-refractivity contribution in [2.75, 3.05) is 0 Å². The van der Waals surface area contributed by atoms with E-state index in [9.17, 15) is 0 Å². The Morgan fingerprint density at radius 2 is 1.71 bits per heavy atom. The monoisotopic (exact) mass is 283 g/mol. The summed E-state index contributed by atoms with van der Waals surface area (Å²) in [6, 6.07) is 13.0. The summed E-state index contributed by atoms with van der Waals surface area (Å²) in [4.78, 5) is 0. The summed E-state index contributed by atoms with van der Waals surface area (Å²) in [6.45, 7) is 11.5. The second-order valence-corrected chi connectivity index (χ2v) is 5.95. The average Bonchev–Trinajstić information content (AvgIpc) is 2.43. The predicted molar refractivity (Wildman–Crippen MR) is 89.1 cm³/mol. The molecule has 2 rings (SSSR count). The van der Waals surface area contributed by atoms with E-state index in [1.807, 2.05) is 12.1 Å². The van der Waals surface area contributed by atoms with Gasteiger partial charge in [0.15, 0.2) is 0 Å². The molecule has 112 valence electrons. The van der Waals surface area contributed by atoms with Crippen LogP contribution in [0, 0.1) is 20.8 Å². The highest BCUT2D eigenvalue weighted by molar-refractivity contribution is 5.46. The van der Waals surface area contributed by atoms with E-state index in [1.54, 1.807) is 0 Å².